The van der Waals surface area contributed by atoms with Crippen LogP contribution >= 0.6 is 22.7 Å². The molecule has 0 fully saturated rings. The fourth-order valence-electron chi connectivity index (χ4n) is 2.86. The zero-order chi connectivity index (χ0) is 14.1. The molecule has 2 aromatic heterocycles. The maximum absolute atomic E-state index is 9.22. The number of thiophene rings is 2. The van der Waals surface area contributed by atoms with Crippen LogP contribution in [0.1, 0.15) is 47.1 Å². The van der Waals surface area contributed by atoms with Crippen molar-refractivity contribution in [2.24, 2.45) is 0 Å². The first-order valence-corrected chi connectivity index (χ1v) is 8.81. The van der Waals surface area contributed by atoms with Crippen molar-refractivity contribution >= 4 is 28.4 Å². The lowest BCUT2D eigenvalue weighted by molar-refractivity contribution is 0.697. The van der Waals surface area contributed by atoms with E-state index < -0.39 is 0 Å². The van der Waals surface area contributed by atoms with Crippen LogP contribution in [-0.4, -0.2) is 0 Å². The molecule has 0 aromatic carbocycles. The molecular weight excluding hydrogens is 284 g/mol. The summed E-state index contributed by atoms with van der Waals surface area (Å²) in [5, 5.41) is 9.22. The van der Waals surface area contributed by atoms with Gasteiger partial charge in [-0.15, -0.1) is 22.7 Å². The Bertz CT molecular complexity index is 650. The minimum absolute atomic E-state index is 0.676. The number of nitrogens with two attached hydrogens (primary N) is 1. The van der Waals surface area contributed by atoms with Crippen molar-refractivity contribution in [3.63, 3.8) is 0 Å². The molecule has 104 valence electrons. The maximum atomic E-state index is 9.22. The van der Waals surface area contributed by atoms with Gasteiger partial charge in [-0.2, -0.15) is 5.26 Å². The Kier molecular flexibility index (Phi) is 3.82. The van der Waals surface area contributed by atoms with E-state index in [0.29, 0.717) is 10.6 Å². The topological polar surface area (TPSA) is 49.8 Å². The summed E-state index contributed by atoms with van der Waals surface area (Å²) in [6, 6.07) is 4.58. The van der Waals surface area contributed by atoms with E-state index in [1.807, 2.05) is 11.3 Å². The Morgan fingerprint density at radius 3 is 2.80 bits per heavy atom. The minimum atomic E-state index is 0.676. The van der Waals surface area contributed by atoms with Gasteiger partial charge in [0.15, 0.2) is 0 Å². The van der Waals surface area contributed by atoms with Crippen molar-refractivity contribution in [2.75, 3.05) is 5.73 Å². The lowest BCUT2D eigenvalue weighted by Crippen LogP contribution is -1.96. The second-order valence-corrected chi connectivity index (χ2v) is 7.44. The lowest BCUT2D eigenvalue weighted by atomic mass is 9.99. The van der Waals surface area contributed by atoms with Crippen LogP contribution in [0.3, 0.4) is 0 Å². The minimum Gasteiger partial charge on any atom is -0.397 e. The summed E-state index contributed by atoms with van der Waals surface area (Å²) in [5.74, 6) is 0. The van der Waals surface area contributed by atoms with Gasteiger partial charge in [-0.25, -0.2) is 0 Å². The van der Waals surface area contributed by atoms with E-state index in [1.165, 1.54) is 46.6 Å². The van der Waals surface area contributed by atoms with Gasteiger partial charge in [-0.1, -0.05) is 13.3 Å². The second-order valence-electron chi connectivity index (χ2n) is 5.28. The van der Waals surface area contributed by atoms with Crippen molar-refractivity contribution in [1.29, 1.82) is 5.26 Å². The Labute approximate surface area is 127 Å². The van der Waals surface area contributed by atoms with Crippen molar-refractivity contribution in [1.82, 2.24) is 0 Å². The molecule has 0 bridgehead atoms. The second kappa shape index (κ2) is 5.59. The monoisotopic (exact) mass is 302 g/mol. The Morgan fingerprint density at radius 2 is 2.10 bits per heavy atom. The van der Waals surface area contributed by atoms with Gasteiger partial charge in [0.05, 0.1) is 10.6 Å². The van der Waals surface area contributed by atoms with E-state index in [-0.39, 0.29) is 0 Å². The van der Waals surface area contributed by atoms with Gasteiger partial charge in [0.2, 0.25) is 0 Å². The van der Waals surface area contributed by atoms with Gasteiger partial charge in [0, 0.05) is 9.75 Å². The first-order chi connectivity index (χ1) is 9.74. The third kappa shape index (κ3) is 2.25. The van der Waals surface area contributed by atoms with Crippen molar-refractivity contribution < 1.29 is 0 Å². The highest BCUT2D eigenvalue weighted by molar-refractivity contribution is 7.23. The molecule has 0 spiro atoms. The third-order valence-corrected chi connectivity index (χ3v) is 6.44. The normalized spacial score (nSPS) is 14.0. The molecule has 0 amide bonds. The van der Waals surface area contributed by atoms with Crippen molar-refractivity contribution in [3.8, 4) is 15.8 Å². The summed E-state index contributed by atoms with van der Waals surface area (Å²) < 4.78 is 0. The molecular formula is C16H18N2S2. The van der Waals surface area contributed by atoms with Gasteiger partial charge in [-0.3, -0.25) is 0 Å². The van der Waals surface area contributed by atoms with Gasteiger partial charge in [0.25, 0.3) is 0 Å². The number of fused-ring (bicyclic) bond motifs is 1. The van der Waals surface area contributed by atoms with E-state index >= 15 is 0 Å². The summed E-state index contributed by atoms with van der Waals surface area (Å²) in [6.45, 7) is 2.16. The van der Waals surface area contributed by atoms with Crippen LogP contribution in [0.15, 0.2) is 6.07 Å². The predicted molar refractivity (Wildman–Crippen MR) is 87.4 cm³/mol. The molecule has 1 aliphatic rings. The highest BCUT2D eigenvalue weighted by atomic mass is 32.1. The Hall–Kier alpha value is -1.31. The quantitative estimate of drug-likeness (QED) is 0.888. The molecule has 4 heteroatoms. The first-order valence-electron chi connectivity index (χ1n) is 7.17. The lowest BCUT2D eigenvalue weighted by Gasteiger charge is -2.08. The Balaban J connectivity index is 2.09. The molecule has 1 aliphatic carbocycles. The highest BCUT2D eigenvalue weighted by Crippen LogP contribution is 2.44. The fourth-order valence-corrected chi connectivity index (χ4v) is 5.31. The van der Waals surface area contributed by atoms with Crippen LogP contribution < -0.4 is 5.73 Å². The largest absolute Gasteiger partial charge is 0.397 e. The van der Waals surface area contributed by atoms with Gasteiger partial charge >= 0.3 is 0 Å². The van der Waals surface area contributed by atoms with Crippen molar-refractivity contribution in [3.05, 3.63) is 26.9 Å². The number of nitrogens with zero attached hydrogens (tertiary/aromatic N) is 1. The van der Waals surface area contributed by atoms with Crippen LogP contribution in [0.4, 0.5) is 5.69 Å². The smallest absolute Gasteiger partial charge is 0.128 e. The summed E-state index contributed by atoms with van der Waals surface area (Å²) in [7, 11) is 0. The molecule has 2 heterocycles. The molecule has 0 radical (unpaired) electrons. The summed E-state index contributed by atoms with van der Waals surface area (Å²) in [6.07, 6.45) is 7.06. The average Bonchev–Trinajstić information content (AvgIpc) is 3.01. The number of hydrogen-bond donors (Lipinski definition) is 1. The summed E-state index contributed by atoms with van der Waals surface area (Å²) in [4.78, 5) is 4.77. The molecule has 2 N–H and O–H groups in total. The molecule has 0 atom stereocenters. The number of nitrogen functional groups attached to an aromatic ring is 1. The average molecular weight is 302 g/mol. The zero-order valence-corrected chi connectivity index (χ0v) is 13.3. The Morgan fingerprint density at radius 1 is 1.30 bits per heavy atom. The predicted octanol–water partition coefficient (Wildman–Crippen LogP) is 4.76. The summed E-state index contributed by atoms with van der Waals surface area (Å²) in [5.41, 5.74) is 9.57. The molecule has 0 saturated carbocycles. The zero-order valence-electron chi connectivity index (χ0n) is 11.7. The van der Waals surface area contributed by atoms with E-state index in [1.54, 1.807) is 16.2 Å². The molecule has 20 heavy (non-hydrogen) atoms. The van der Waals surface area contributed by atoms with Crippen molar-refractivity contribution in [2.45, 2.75) is 45.4 Å². The SMILES string of the molecule is CCCc1c(-c2cc3c(s2)CCCC3)sc(C#N)c1N. The van der Waals surface area contributed by atoms with Crippen LogP contribution in [0.2, 0.25) is 0 Å². The van der Waals surface area contributed by atoms with Gasteiger partial charge in [-0.05, 0) is 49.3 Å². The molecule has 2 aromatic rings. The van der Waals surface area contributed by atoms with E-state index in [2.05, 4.69) is 19.1 Å². The molecule has 3 rings (SSSR count). The first kappa shape index (κ1) is 13.7. The number of rotatable bonds is 3. The number of anilines is 1. The highest BCUT2D eigenvalue weighted by Gasteiger charge is 2.20. The van der Waals surface area contributed by atoms with E-state index in [9.17, 15) is 5.26 Å². The standard InChI is InChI=1S/C16H18N2S2/c1-2-5-11-15(18)14(9-17)20-16(11)13-8-10-6-3-4-7-12(10)19-13/h8H,2-7,18H2,1H3. The maximum Gasteiger partial charge on any atom is 0.128 e. The van der Waals surface area contributed by atoms with Crippen LogP contribution in [0.25, 0.3) is 9.75 Å². The van der Waals surface area contributed by atoms with E-state index in [0.717, 1.165) is 12.8 Å². The molecule has 0 aliphatic heterocycles. The molecule has 0 unspecified atom stereocenters. The number of aryl methyl sites for hydroxylation is 2. The number of hydrogen-bond acceptors (Lipinski definition) is 4. The van der Waals surface area contributed by atoms with Gasteiger partial charge in [0.1, 0.15) is 10.9 Å². The molecule has 2 nitrogen and oxygen atoms in total. The van der Waals surface area contributed by atoms with Crippen LogP contribution in [0, 0.1) is 11.3 Å². The fraction of sp³-hybridized carbons (Fsp3) is 0.438. The number of nitriles is 1. The summed E-state index contributed by atoms with van der Waals surface area (Å²) >= 11 is 3.47. The third-order valence-electron chi connectivity index (χ3n) is 3.87. The van der Waals surface area contributed by atoms with Crippen LogP contribution in [-0.2, 0) is 19.3 Å². The van der Waals surface area contributed by atoms with Crippen LogP contribution in [0.5, 0.6) is 0 Å². The van der Waals surface area contributed by atoms with E-state index in [4.69, 9.17) is 5.73 Å². The van der Waals surface area contributed by atoms with Gasteiger partial charge < -0.3 is 5.73 Å². The molecule has 0 saturated heterocycles.